The van der Waals surface area contributed by atoms with Crippen LogP contribution >= 0.6 is 22.9 Å². The smallest absolute Gasteiger partial charge is 0.276 e. The van der Waals surface area contributed by atoms with Gasteiger partial charge in [-0.25, -0.2) is 4.39 Å². The molecule has 2 aromatic heterocycles. The highest BCUT2D eigenvalue weighted by atomic mass is 35.5. The van der Waals surface area contributed by atoms with E-state index in [2.05, 4.69) is 10.2 Å². The monoisotopic (exact) mass is 462 g/mol. The molecule has 2 aliphatic heterocycles. The van der Waals surface area contributed by atoms with E-state index in [1.54, 1.807) is 12.1 Å². The van der Waals surface area contributed by atoms with E-state index in [1.807, 2.05) is 6.92 Å². The Hall–Kier alpha value is -2.82. The summed E-state index contributed by atoms with van der Waals surface area (Å²) in [6.07, 6.45) is 1.19. The van der Waals surface area contributed by atoms with Gasteiger partial charge in [0.15, 0.2) is 22.7 Å². The summed E-state index contributed by atoms with van der Waals surface area (Å²) in [6.45, 7) is 2.52. The highest BCUT2D eigenvalue weighted by Crippen LogP contribution is 2.32. The lowest BCUT2D eigenvalue weighted by Gasteiger charge is -2.33. The Morgan fingerprint density at radius 3 is 2.97 bits per heavy atom. The van der Waals surface area contributed by atoms with Gasteiger partial charge in [-0.3, -0.25) is 9.59 Å². The van der Waals surface area contributed by atoms with Crippen LogP contribution in [-0.2, 0) is 17.7 Å². The SMILES string of the molecule is C[C@@H]1COC2Cn3cc(-c4nnc(Cc5cccc(Cl)c5F)s4)c(=O)c(O)c3C(=O)N21. The van der Waals surface area contributed by atoms with Gasteiger partial charge in [0.05, 0.1) is 29.8 Å². The van der Waals surface area contributed by atoms with Crippen molar-refractivity contribution in [2.24, 2.45) is 0 Å². The molecule has 8 nitrogen and oxygen atoms in total. The molecule has 0 spiro atoms. The van der Waals surface area contributed by atoms with E-state index in [4.69, 9.17) is 16.3 Å². The first-order valence-corrected chi connectivity index (χ1v) is 10.7. The van der Waals surface area contributed by atoms with Gasteiger partial charge in [0.25, 0.3) is 5.91 Å². The molecule has 0 bridgehead atoms. The Kier molecular flexibility index (Phi) is 4.80. The van der Waals surface area contributed by atoms with Crippen LogP contribution in [0, 0.1) is 5.82 Å². The lowest BCUT2D eigenvalue weighted by molar-refractivity contribution is 0.00638. The second-order valence-electron chi connectivity index (χ2n) is 7.46. The third-order valence-corrected chi connectivity index (χ3v) is 6.68. The molecule has 160 valence electrons. The summed E-state index contributed by atoms with van der Waals surface area (Å²) in [4.78, 5) is 27.2. The Morgan fingerprint density at radius 1 is 1.35 bits per heavy atom. The Labute approximate surface area is 184 Å². The highest BCUT2D eigenvalue weighted by molar-refractivity contribution is 7.14. The van der Waals surface area contributed by atoms with Crippen LogP contribution in [0.1, 0.15) is 28.0 Å². The molecule has 0 saturated carbocycles. The molecule has 1 amide bonds. The molecular weight excluding hydrogens is 447 g/mol. The van der Waals surface area contributed by atoms with E-state index in [9.17, 15) is 19.1 Å². The number of rotatable bonds is 3. The van der Waals surface area contributed by atoms with Crippen molar-refractivity contribution < 1.29 is 19.0 Å². The molecule has 1 saturated heterocycles. The number of carbonyl (C=O) groups is 1. The first-order valence-electron chi connectivity index (χ1n) is 9.51. The molecular formula is C20H16ClFN4O4S. The van der Waals surface area contributed by atoms with Crippen molar-refractivity contribution in [1.82, 2.24) is 19.7 Å². The predicted octanol–water partition coefficient (Wildman–Crippen LogP) is 2.66. The summed E-state index contributed by atoms with van der Waals surface area (Å²) < 4.78 is 21.4. The number of aromatic nitrogens is 3. The van der Waals surface area contributed by atoms with Crippen molar-refractivity contribution in [2.45, 2.75) is 32.2 Å². The number of carbonyl (C=O) groups excluding carboxylic acids is 1. The third kappa shape index (κ3) is 3.22. The fourth-order valence-electron chi connectivity index (χ4n) is 3.91. The standard InChI is InChI=1S/C20H16ClFN4O4S/c1-9-8-30-14-7-25-6-11(17(27)18(28)16(25)20(29)26(9)14)19-24-23-13(31-19)5-10-3-2-4-12(21)15(10)22/h2-4,6,9,14,28H,5,7-8H2,1H3/t9-,14?/m1/s1. The van der Waals surface area contributed by atoms with Crippen LogP contribution in [0.2, 0.25) is 5.02 Å². The van der Waals surface area contributed by atoms with Crippen LogP contribution in [-0.4, -0.2) is 49.6 Å². The van der Waals surface area contributed by atoms with Gasteiger partial charge in [0.1, 0.15) is 10.8 Å². The minimum Gasteiger partial charge on any atom is -0.503 e. The predicted molar refractivity (Wildman–Crippen MR) is 111 cm³/mol. The van der Waals surface area contributed by atoms with Gasteiger partial charge in [0.2, 0.25) is 5.43 Å². The number of aromatic hydroxyl groups is 1. The second-order valence-corrected chi connectivity index (χ2v) is 8.93. The van der Waals surface area contributed by atoms with Crippen molar-refractivity contribution >= 4 is 28.8 Å². The Balaban J connectivity index is 1.51. The van der Waals surface area contributed by atoms with Gasteiger partial charge < -0.3 is 19.3 Å². The molecule has 2 aliphatic rings. The normalized spacial score (nSPS) is 20.1. The maximum absolute atomic E-state index is 14.2. The molecule has 5 rings (SSSR count). The Bertz CT molecular complexity index is 1280. The van der Waals surface area contributed by atoms with Gasteiger partial charge in [0, 0.05) is 12.6 Å². The summed E-state index contributed by atoms with van der Waals surface area (Å²) in [5.74, 6) is -1.60. The molecule has 4 heterocycles. The number of hydrogen-bond acceptors (Lipinski definition) is 7. The number of hydrogen-bond donors (Lipinski definition) is 1. The zero-order valence-corrected chi connectivity index (χ0v) is 17.8. The van der Waals surface area contributed by atoms with Gasteiger partial charge >= 0.3 is 0 Å². The van der Waals surface area contributed by atoms with Crippen LogP contribution in [0.3, 0.4) is 0 Å². The van der Waals surface area contributed by atoms with E-state index < -0.39 is 29.1 Å². The van der Waals surface area contributed by atoms with E-state index in [-0.39, 0.29) is 40.3 Å². The molecule has 1 unspecified atom stereocenters. The quantitative estimate of drug-likeness (QED) is 0.642. The average Bonchev–Trinajstić information content (AvgIpc) is 3.35. The number of amides is 1. The number of ether oxygens (including phenoxy) is 1. The largest absolute Gasteiger partial charge is 0.503 e. The second kappa shape index (κ2) is 7.40. The fourth-order valence-corrected chi connectivity index (χ4v) is 4.97. The van der Waals surface area contributed by atoms with Crippen LogP contribution in [0.15, 0.2) is 29.2 Å². The lowest BCUT2D eigenvalue weighted by atomic mass is 10.1. The molecule has 0 radical (unpaired) electrons. The maximum atomic E-state index is 14.2. The number of nitrogens with zero attached hydrogens (tertiary/aromatic N) is 4. The number of fused-ring (bicyclic) bond motifs is 2. The van der Waals surface area contributed by atoms with Gasteiger partial charge in [-0.1, -0.05) is 35.1 Å². The van der Waals surface area contributed by atoms with E-state index >= 15 is 0 Å². The van der Waals surface area contributed by atoms with Crippen molar-refractivity contribution in [3.63, 3.8) is 0 Å². The molecule has 1 N–H and O–H groups in total. The van der Waals surface area contributed by atoms with Crippen LogP contribution in [0.4, 0.5) is 4.39 Å². The number of benzene rings is 1. The third-order valence-electron chi connectivity index (χ3n) is 5.43. The molecule has 1 aromatic carbocycles. The topological polar surface area (TPSA) is 97.5 Å². The van der Waals surface area contributed by atoms with Gasteiger partial charge in [-0.2, -0.15) is 0 Å². The van der Waals surface area contributed by atoms with Crippen molar-refractivity contribution in [2.75, 3.05) is 6.61 Å². The maximum Gasteiger partial charge on any atom is 0.276 e. The summed E-state index contributed by atoms with van der Waals surface area (Å²) in [7, 11) is 0. The average molecular weight is 463 g/mol. The molecule has 2 atom stereocenters. The molecule has 0 aliphatic carbocycles. The zero-order valence-electron chi connectivity index (χ0n) is 16.2. The first-order chi connectivity index (χ1) is 14.8. The summed E-state index contributed by atoms with van der Waals surface area (Å²) in [5.41, 5.74) is -0.294. The number of pyridine rings is 1. The van der Waals surface area contributed by atoms with Gasteiger partial charge in [-0.15, -0.1) is 10.2 Å². The number of halogens is 2. The molecule has 31 heavy (non-hydrogen) atoms. The summed E-state index contributed by atoms with van der Waals surface area (Å²) >= 11 is 6.93. The molecule has 3 aromatic rings. The first kappa shape index (κ1) is 20.1. The van der Waals surface area contributed by atoms with E-state index in [1.165, 1.54) is 21.7 Å². The minimum absolute atomic E-state index is 0.0160. The van der Waals surface area contributed by atoms with E-state index in [0.717, 1.165) is 11.3 Å². The lowest BCUT2D eigenvalue weighted by Crippen LogP contribution is -2.48. The summed E-state index contributed by atoms with van der Waals surface area (Å²) in [5, 5.41) is 19.4. The van der Waals surface area contributed by atoms with Crippen LogP contribution < -0.4 is 5.43 Å². The molecule has 11 heteroatoms. The fraction of sp³-hybridized carbons (Fsp3) is 0.300. The highest BCUT2D eigenvalue weighted by Gasteiger charge is 2.42. The molecule has 1 fully saturated rings. The van der Waals surface area contributed by atoms with E-state index in [0.29, 0.717) is 17.2 Å². The summed E-state index contributed by atoms with van der Waals surface area (Å²) in [6, 6.07) is 4.56. The van der Waals surface area contributed by atoms with Crippen molar-refractivity contribution in [3.8, 4) is 16.3 Å². The van der Waals surface area contributed by atoms with Crippen molar-refractivity contribution in [1.29, 1.82) is 0 Å². The van der Waals surface area contributed by atoms with Crippen molar-refractivity contribution in [3.05, 3.63) is 61.7 Å². The minimum atomic E-state index is -0.706. The van der Waals surface area contributed by atoms with Crippen LogP contribution in [0.5, 0.6) is 5.75 Å². The van der Waals surface area contributed by atoms with Crippen LogP contribution in [0.25, 0.3) is 10.6 Å². The Morgan fingerprint density at radius 2 is 2.16 bits per heavy atom. The zero-order chi connectivity index (χ0) is 21.9. The van der Waals surface area contributed by atoms with Gasteiger partial charge in [-0.05, 0) is 18.6 Å².